The zero-order valence-electron chi connectivity index (χ0n) is 60.4. The number of aromatic amines is 1. The van der Waals surface area contributed by atoms with Crippen molar-refractivity contribution in [2.24, 2.45) is 35.1 Å². The van der Waals surface area contributed by atoms with Gasteiger partial charge in [-0.2, -0.15) is 11.8 Å². The molecule has 0 aliphatic carbocycles. The highest BCUT2D eigenvalue weighted by Gasteiger charge is 2.41. The summed E-state index contributed by atoms with van der Waals surface area (Å²) in [7, 11) is 0. The number of H-pyrrole nitrogens is 1. The molecule has 576 valence electrons. The Balaban J connectivity index is 1.69. The molecule has 104 heavy (non-hydrogen) atoms. The molecule has 2 heterocycles. The van der Waals surface area contributed by atoms with Crippen molar-refractivity contribution in [3.8, 4) is 5.75 Å². The number of aromatic hydroxyl groups is 1. The topological polar surface area (TPSA) is 531 Å². The van der Waals surface area contributed by atoms with Gasteiger partial charge in [-0.15, -0.1) is 0 Å². The second kappa shape index (κ2) is 43.0. The maximum Gasteiger partial charge on any atom is 0.326 e. The number of thioether (sulfide) groups is 1. The number of hydrogen-bond donors (Lipinski definition) is 18. The zero-order chi connectivity index (χ0) is 77.7. The second-order valence-corrected chi connectivity index (χ2v) is 28.5. The third-order valence-corrected chi connectivity index (χ3v) is 18.0. The third kappa shape index (κ3) is 28.0. The minimum absolute atomic E-state index is 0.0334. The number of aliphatic hydroxyl groups excluding tert-OH is 1. The molecule has 20 N–H and O–H groups in total. The Morgan fingerprint density at radius 1 is 0.558 bits per heavy atom. The van der Waals surface area contributed by atoms with E-state index in [1.807, 2.05) is 0 Å². The molecule has 1 aliphatic heterocycles. The van der Waals surface area contributed by atoms with Crippen LogP contribution in [-0.4, -0.2) is 223 Å². The van der Waals surface area contributed by atoms with Crippen molar-refractivity contribution >= 4 is 106 Å². The molecule has 0 unspecified atom stereocenters. The molecule has 11 amide bonds. The number of nitrogens with zero attached hydrogens (tertiary/aromatic N) is 1. The molecule has 12 atom stereocenters. The molecule has 1 saturated heterocycles. The summed E-state index contributed by atoms with van der Waals surface area (Å²) in [6.45, 7) is 13.0. The van der Waals surface area contributed by atoms with E-state index in [2.05, 4.69) is 58.2 Å². The van der Waals surface area contributed by atoms with Crippen LogP contribution >= 0.6 is 11.8 Å². The van der Waals surface area contributed by atoms with Crippen LogP contribution in [0, 0.1) is 23.7 Å². The number of carbonyl (C=O) groups is 14. The van der Waals surface area contributed by atoms with E-state index in [1.54, 1.807) is 78.3 Å². The number of amides is 11. The molecule has 3 aromatic rings. The molecule has 0 radical (unpaired) electrons. The molecule has 0 spiro atoms. The fourth-order valence-corrected chi connectivity index (χ4v) is 12.2. The Morgan fingerprint density at radius 2 is 1.04 bits per heavy atom. The maximum atomic E-state index is 15.1. The largest absolute Gasteiger partial charge is 0.508 e. The maximum absolute atomic E-state index is 15.1. The summed E-state index contributed by atoms with van der Waals surface area (Å²) in [6, 6.07) is -5.14. The molecular formula is C70H106N14O19S. The number of aliphatic carboxylic acids is 3. The zero-order valence-corrected chi connectivity index (χ0v) is 61.2. The van der Waals surface area contributed by atoms with Crippen LogP contribution in [-0.2, 0) is 80.0 Å². The Bertz CT molecular complexity index is 3440. The molecular weight excluding hydrogens is 1370 g/mol. The summed E-state index contributed by atoms with van der Waals surface area (Å²) in [4.78, 5) is 198. The van der Waals surface area contributed by atoms with E-state index in [0.717, 1.165) is 0 Å². The molecule has 1 aliphatic rings. The van der Waals surface area contributed by atoms with E-state index in [1.165, 1.54) is 54.8 Å². The Labute approximate surface area is 608 Å². The fourth-order valence-electron chi connectivity index (χ4n) is 11.7. The van der Waals surface area contributed by atoms with Crippen molar-refractivity contribution in [3.63, 3.8) is 0 Å². The Hall–Kier alpha value is -9.41. The number of nitrogens with one attached hydrogen (secondary N) is 11. The van der Waals surface area contributed by atoms with Gasteiger partial charge in [0.2, 0.25) is 65.0 Å². The third-order valence-electron chi connectivity index (χ3n) is 17.4. The van der Waals surface area contributed by atoms with E-state index in [9.17, 15) is 87.9 Å². The first-order valence-electron chi connectivity index (χ1n) is 35.0. The van der Waals surface area contributed by atoms with Crippen molar-refractivity contribution < 1.29 is 92.7 Å². The first-order chi connectivity index (χ1) is 49.1. The molecule has 1 fully saturated rings. The number of carboxylic acid groups (broad SMARTS) is 3. The minimum Gasteiger partial charge on any atom is -0.508 e. The lowest BCUT2D eigenvalue weighted by Gasteiger charge is -2.30. The van der Waals surface area contributed by atoms with Gasteiger partial charge in [-0.25, -0.2) is 4.79 Å². The Morgan fingerprint density at radius 3 is 1.59 bits per heavy atom. The monoisotopic (exact) mass is 1480 g/mol. The van der Waals surface area contributed by atoms with Crippen molar-refractivity contribution in [1.29, 1.82) is 0 Å². The number of carbonyl (C=O) groups excluding carboxylic acids is 11. The van der Waals surface area contributed by atoms with Gasteiger partial charge in [0, 0.05) is 42.9 Å². The van der Waals surface area contributed by atoms with Crippen LogP contribution in [0.1, 0.15) is 137 Å². The highest BCUT2D eigenvalue weighted by Crippen LogP contribution is 2.23. The predicted molar refractivity (Wildman–Crippen MR) is 384 cm³/mol. The summed E-state index contributed by atoms with van der Waals surface area (Å²) in [6.07, 6.45) is 1.65. The standard InChI is InChI=1S/C70H106N14O19S/c1-36(2)29-49(62(94)81-53(70(102)103)30-37(3)4)77-64(96)52(33-56(89)90)80-68(100)57(38(5)6)82-65(97)50(31-40-19-21-42(86)22-20-40)78-60(92)47(23-24-55(87)88)75-63(95)51(32-41-34-73-45-16-11-10-15-43(41)45)79-59(91)46(17-12-13-26-71)74-61(93)48(25-28-104-9)76-67(99)58(39(7)8)83-66(98)54-18-14-27-84(54)69(101)44(72)35-85/h10-11,15-16,19-22,34,36-39,44,46-54,57-58,73,85-86H,12-14,17-18,23-33,35,71-72H2,1-9H3,(H,74,93)(H,75,95)(H,76,99)(H,77,96)(H,78,92)(H,79,91)(H,80,100)(H,81,94)(H,82,97)(H,83,98)(H,87,88)(H,89,90)(H,102,103)/t44-,46-,47-,48-,49-,50-,51-,52-,53-,54-,57-,58-/m0/s1. The van der Waals surface area contributed by atoms with E-state index in [4.69, 9.17) is 11.5 Å². The van der Waals surface area contributed by atoms with Crippen LogP contribution in [0.2, 0.25) is 0 Å². The molecule has 0 saturated carbocycles. The fraction of sp³-hybridized carbons (Fsp3) is 0.600. The number of aliphatic hydroxyl groups is 1. The van der Waals surface area contributed by atoms with Crippen molar-refractivity contribution in [2.75, 3.05) is 31.7 Å². The van der Waals surface area contributed by atoms with E-state index in [-0.39, 0.29) is 82.0 Å². The predicted octanol–water partition coefficient (Wildman–Crippen LogP) is -0.472. The molecule has 4 rings (SSSR count). The van der Waals surface area contributed by atoms with Crippen LogP contribution in [0.5, 0.6) is 5.75 Å². The highest BCUT2D eigenvalue weighted by atomic mass is 32.2. The number of likely N-dealkylation sites (tertiary alicyclic amines) is 1. The first-order valence-corrected chi connectivity index (χ1v) is 36.4. The lowest BCUT2D eigenvalue weighted by Crippen LogP contribution is -2.62. The summed E-state index contributed by atoms with van der Waals surface area (Å²) < 4.78 is 0. The summed E-state index contributed by atoms with van der Waals surface area (Å²) in [5.41, 5.74) is 13.1. The number of phenolic OH excluding ortho intramolecular Hbond substituents is 1. The number of fused-ring (bicyclic) bond motifs is 1. The van der Waals surface area contributed by atoms with Gasteiger partial charge in [-0.05, 0) is 129 Å². The molecule has 34 heteroatoms. The summed E-state index contributed by atoms with van der Waals surface area (Å²) >= 11 is 1.35. The van der Waals surface area contributed by atoms with E-state index in [0.29, 0.717) is 40.6 Å². The number of unbranched alkanes of at least 4 members (excludes halogenated alkanes) is 1. The van der Waals surface area contributed by atoms with Gasteiger partial charge in [-0.3, -0.25) is 62.3 Å². The van der Waals surface area contributed by atoms with Crippen LogP contribution in [0.15, 0.2) is 54.7 Å². The average molecular weight is 1480 g/mol. The number of rotatable bonds is 45. The van der Waals surface area contributed by atoms with Gasteiger partial charge < -0.3 is 100 Å². The first kappa shape index (κ1) is 87.0. The number of para-hydroxylation sites is 1. The van der Waals surface area contributed by atoms with Crippen molar-refractivity contribution in [3.05, 3.63) is 65.9 Å². The van der Waals surface area contributed by atoms with E-state index >= 15 is 4.79 Å². The normalized spacial score (nSPS) is 16.1. The van der Waals surface area contributed by atoms with Crippen LogP contribution < -0.4 is 64.6 Å². The number of carboxylic acids is 3. The minimum atomic E-state index is -1.88. The summed E-state index contributed by atoms with van der Waals surface area (Å²) in [5, 5.41) is 75.9. The van der Waals surface area contributed by atoms with Gasteiger partial charge >= 0.3 is 17.9 Å². The second-order valence-electron chi connectivity index (χ2n) is 27.6. The lowest BCUT2D eigenvalue weighted by atomic mass is 9.99. The number of benzene rings is 2. The van der Waals surface area contributed by atoms with Crippen LogP contribution in [0.4, 0.5) is 0 Å². The number of aromatic nitrogens is 1. The molecule has 2 aromatic carbocycles. The van der Waals surface area contributed by atoms with E-state index < -0.39 is 193 Å². The number of phenols is 1. The van der Waals surface area contributed by atoms with Gasteiger partial charge in [0.1, 0.15) is 78.3 Å². The van der Waals surface area contributed by atoms with Crippen LogP contribution in [0.25, 0.3) is 10.9 Å². The van der Waals surface area contributed by atoms with Gasteiger partial charge in [0.25, 0.3) is 0 Å². The smallest absolute Gasteiger partial charge is 0.326 e. The SMILES string of the molecule is CSCC[C@H](NC(=O)[C@@H](NC(=O)[C@@H]1CCCN1C(=O)[C@@H](N)CO)C(C)C)C(=O)N[C@@H](CCCCN)C(=O)N[C@@H](Cc1c[nH]c2ccccc12)C(=O)N[C@@H](CCC(=O)O)C(=O)N[C@@H](Cc1ccc(O)cc1)C(=O)N[C@H](C(=O)N[C@@H](CC(=O)O)C(=O)N[C@@H](CC(C)C)C(=O)N[C@@H](CC(C)C)C(=O)O)C(C)C. The Kier molecular flexibility index (Phi) is 36.0. The quantitative estimate of drug-likeness (QED) is 0.0318. The number of hydrogen-bond acceptors (Lipinski definition) is 19. The van der Waals surface area contributed by atoms with Gasteiger partial charge in [0.05, 0.1) is 13.0 Å². The molecule has 1 aromatic heterocycles. The highest BCUT2D eigenvalue weighted by molar-refractivity contribution is 7.98. The average Bonchev–Trinajstić information content (AvgIpc) is 1.55. The molecule has 0 bridgehead atoms. The van der Waals surface area contributed by atoms with Crippen molar-refractivity contribution in [1.82, 2.24) is 63.1 Å². The molecule has 33 nitrogen and oxygen atoms in total. The van der Waals surface area contributed by atoms with Crippen molar-refractivity contribution in [2.45, 2.75) is 211 Å². The lowest BCUT2D eigenvalue weighted by molar-refractivity contribution is -0.143. The number of nitrogens with two attached hydrogens (primary N) is 2. The van der Waals surface area contributed by atoms with Gasteiger partial charge in [-0.1, -0.05) is 85.7 Å². The van der Waals surface area contributed by atoms with Crippen LogP contribution in [0.3, 0.4) is 0 Å². The van der Waals surface area contributed by atoms with Gasteiger partial charge in [0.15, 0.2) is 0 Å². The summed E-state index contributed by atoms with van der Waals surface area (Å²) in [5.74, 6) is -16.1.